The summed E-state index contributed by atoms with van der Waals surface area (Å²) >= 11 is 0. The van der Waals surface area contributed by atoms with E-state index in [1.54, 1.807) is 20.3 Å². The van der Waals surface area contributed by atoms with Crippen molar-refractivity contribution in [1.82, 2.24) is 15.4 Å². The van der Waals surface area contributed by atoms with Crippen molar-refractivity contribution >= 4 is 5.91 Å². The zero-order chi connectivity index (χ0) is 19.7. The molecule has 1 aromatic heterocycles. The molecule has 0 unspecified atom stereocenters. The van der Waals surface area contributed by atoms with Crippen molar-refractivity contribution in [3.05, 3.63) is 41.3 Å². The van der Waals surface area contributed by atoms with Crippen LogP contribution in [0.3, 0.4) is 0 Å². The minimum Gasteiger partial charge on any atom is -0.497 e. The molecule has 2 fully saturated rings. The number of benzene rings is 1. The van der Waals surface area contributed by atoms with Gasteiger partial charge in [-0.3, -0.25) is 9.69 Å². The predicted octanol–water partition coefficient (Wildman–Crippen LogP) is 2.82. The standard InChI is InChI=1S/C21H27N3O4/c1-13-10-24(11-14-6-16(26-2)8-17(7-14)27-3)12-19(13)22-21(25)18-9-20(28-23-18)15-4-5-15/h6-9,13,15,19H,4-5,10-12H2,1-3H3,(H,22,25)/t13-,19+/m0/s1. The number of nitrogens with zero attached hydrogens (tertiary/aromatic N) is 2. The van der Waals surface area contributed by atoms with Crippen molar-refractivity contribution in [1.29, 1.82) is 0 Å². The van der Waals surface area contributed by atoms with Crippen molar-refractivity contribution in [2.45, 2.75) is 38.3 Å². The van der Waals surface area contributed by atoms with E-state index in [0.717, 1.165) is 55.3 Å². The monoisotopic (exact) mass is 385 g/mol. The number of rotatable bonds is 7. The molecule has 4 rings (SSSR count). The summed E-state index contributed by atoms with van der Waals surface area (Å²) in [6.45, 7) is 4.64. The van der Waals surface area contributed by atoms with E-state index < -0.39 is 0 Å². The molecule has 0 bridgehead atoms. The number of hydrogen-bond donors (Lipinski definition) is 1. The molecule has 1 aliphatic heterocycles. The summed E-state index contributed by atoms with van der Waals surface area (Å²) in [5, 5.41) is 7.07. The summed E-state index contributed by atoms with van der Waals surface area (Å²) in [5.74, 6) is 3.05. The molecular formula is C21H27N3O4. The van der Waals surface area contributed by atoms with Gasteiger partial charge >= 0.3 is 0 Å². The molecule has 0 spiro atoms. The van der Waals surface area contributed by atoms with Crippen molar-refractivity contribution in [2.75, 3.05) is 27.3 Å². The third-order valence-electron chi connectivity index (χ3n) is 5.56. The van der Waals surface area contributed by atoms with Gasteiger partial charge in [0.15, 0.2) is 5.69 Å². The van der Waals surface area contributed by atoms with Gasteiger partial charge in [-0.1, -0.05) is 12.1 Å². The van der Waals surface area contributed by atoms with E-state index in [9.17, 15) is 4.79 Å². The zero-order valence-corrected chi connectivity index (χ0v) is 16.6. The minimum atomic E-state index is -0.155. The van der Waals surface area contributed by atoms with Crippen molar-refractivity contribution in [3.63, 3.8) is 0 Å². The smallest absolute Gasteiger partial charge is 0.273 e. The van der Waals surface area contributed by atoms with Gasteiger partial charge in [0.1, 0.15) is 17.3 Å². The largest absolute Gasteiger partial charge is 0.497 e. The maximum atomic E-state index is 12.5. The Bertz CT molecular complexity index is 824. The maximum Gasteiger partial charge on any atom is 0.273 e. The molecule has 2 aliphatic rings. The Morgan fingerprint density at radius 3 is 2.54 bits per heavy atom. The van der Waals surface area contributed by atoms with E-state index in [0.29, 0.717) is 17.5 Å². The van der Waals surface area contributed by atoms with Crippen LogP contribution in [0.2, 0.25) is 0 Å². The van der Waals surface area contributed by atoms with Crippen LogP contribution in [0, 0.1) is 5.92 Å². The Morgan fingerprint density at radius 2 is 1.89 bits per heavy atom. The van der Waals surface area contributed by atoms with Gasteiger partial charge < -0.3 is 19.3 Å². The Kier molecular flexibility index (Phi) is 5.26. The highest BCUT2D eigenvalue weighted by atomic mass is 16.5. The van der Waals surface area contributed by atoms with Gasteiger partial charge in [0, 0.05) is 43.7 Å². The summed E-state index contributed by atoms with van der Waals surface area (Å²) in [4.78, 5) is 14.9. The number of carbonyl (C=O) groups is 1. The second-order valence-corrected chi connectivity index (χ2v) is 7.86. The SMILES string of the molecule is COc1cc(CN2C[C@H](C)[C@H](NC(=O)c3cc(C4CC4)on3)C2)cc(OC)c1. The number of likely N-dealkylation sites (tertiary alicyclic amines) is 1. The van der Waals surface area contributed by atoms with E-state index >= 15 is 0 Å². The van der Waals surface area contributed by atoms with Crippen LogP contribution in [0.1, 0.15) is 47.5 Å². The molecule has 1 saturated carbocycles. The molecule has 7 nitrogen and oxygen atoms in total. The second-order valence-electron chi connectivity index (χ2n) is 7.86. The fourth-order valence-corrected chi connectivity index (χ4v) is 3.80. The number of carbonyl (C=O) groups excluding carboxylic acids is 1. The van der Waals surface area contributed by atoms with Crippen LogP contribution in [0.5, 0.6) is 11.5 Å². The van der Waals surface area contributed by atoms with Crippen LogP contribution >= 0.6 is 0 Å². The van der Waals surface area contributed by atoms with Gasteiger partial charge in [-0.2, -0.15) is 0 Å². The maximum absolute atomic E-state index is 12.5. The molecule has 1 aliphatic carbocycles. The highest BCUT2D eigenvalue weighted by Crippen LogP contribution is 2.40. The van der Waals surface area contributed by atoms with Gasteiger partial charge in [-0.05, 0) is 36.5 Å². The van der Waals surface area contributed by atoms with Crippen LogP contribution in [-0.2, 0) is 6.54 Å². The third kappa shape index (κ3) is 4.14. The van der Waals surface area contributed by atoms with Gasteiger partial charge in [-0.25, -0.2) is 0 Å². The van der Waals surface area contributed by atoms with Crippen molar-refractivity contribution in [3.8, 4) is 11.5 Å². The first kappa shape index (κ1) is 18.8. The number of amides is 1. The van der Waals surface area contributed by atoms with E-state index in [2.05, 4.69) is 22.3 Å². The highest BCUT2D eigenvalue weighted by molar-refractivity contribution is 5.92. The van der Waals surface area contributed by atoms with E-state index in [1.807, 2.05) is 18.2 Å². The Hall–Kier alpha value is -2.54. The molecular weight excluding hydrogens is 358 g/mol. The number of methoxy groups -OCH3 is 2. The topological polar surface area (TPSA) is 76.8 Å². The number of nitrogens with one attached hydrogen (secondary N) is 1. The molecule has 2 aromatic rings. The molecule has 7 heteroatoms. The second kappa shape index (κ2) is 7.83. The average Bonchev–Trinajstić information content (AvgIpc) is 3.32. The molecule has 2 atom stereocenters. The Labute approximate surface area is 165 Å². The fourth-order valence-electron chi connectivity index (χ4n) is 3.80. The summed E-state index contributed by atoms with van der Waals surface area (Å²) in [6.07, 6.45) is 2.25. The van der Waals surface area contributed by atoms with Crippen molar-refractivity contribution in [2.24, 2.45) is 5.92 Å². The number of hydrogen-bond acceptors (Lipinski definition) is 6. The van der Waals surface area contributed by atoms with E-state index in [-0.39, 0.29) is 11.9 Å². The van der Waals surface area contributed by atoms with Gasteiger partial charge in [0.05, 0.1) is 14.2 Å². The summed E-state index contributed by atoms with van der Waals surface area (Å²) in [5.41, 5.74) is 1.51. The van der Waals surface area contributed by atoms with Gasteiger partial charge in [0.25, 0.3) is 5.91 Å². The van der Waals surface area contributed by atoms with Crippen LogP contribution < -0.4 is 14.8 Å². The lowest BCUT2D eigenvalue weighted by Gasteiger charge is -2.17. The van der Waals surface area contributed by atoms with Crippen molar-refractivity contribution < 1.29 is 18.8 Å². The van der Waals surface area contributed by atoms with Crippen LogP contribution in [-0.4, -0.2) is 49.3 Å². The lowest BCUT2D eigenvalue weighted by Crippen LogP contribution is -2.39. The van der Waals surface area contributed by atoms with E-state index in [1.165, 1.54) is 0 Å². The normalized spacial score (nSPS) is 22.2. The lowest BCUT2D eigenvalue weighted by atomic mass is 10.1. The van der Waals surface area contributed by atoms with Crippen LogP contribution in [0.25, 0.3) is 0 Å². The van der Waals surface area contributed by atoms with E-state index in [4.69, 9.17) is 14.0 Å². The summed E-state index contributed by atoms with van der Waals surface area (Å²) < 4.78 is 16.0. The molecule has 150 valence electrons. The Morgan fingerprint density at radius 1 is 1.18 bits per heavy atom. The summed E-state index contributed by atoms with van der Waals surface area (Å²) in [6, 6.07) is 7.78. The van der Waals surface area contributed by atoms with Crippen LogP contribution in [0.4, 0.5) is 0 Å². The first-order chi connectivity index (χ1) is 13.6. The lowest BCUT2D eigenvalue weighted by molar-refractivity contribution is 0.0922. The molecule has 1 N–H and O–H groups in total. The Balaban J connectivity index is 1.36. The summed E-state index contributed by atoms with van der Waals surface area (Å²) in [7, 11) is 3.31. The average molecular weight is 385 g/mol. The number of ether oxygens (including phenoxy) is 2. The molecule has 1 amide bonds. The molecule has 1 saturated heterocycles. The number of aromatic nitrogens is 1. The molecule has 2 heterocycles. The fraction of sp³-hybridized carbons (Fsp3) is 0.524. The van der Waals surface area contributed by atoms with Crippen LogP contribution in [0.15, 0.2) is 28.8 Å². The first-order valence-electron chi connectivity index (χ1n) is 9.77. The molecule has 1 aromatic carbocycles. The quantitative estimate of drug-likeness (QED) is 0.790. The molecule has 0 radical (unpaired) electrons. The molecule has 28 heavy (non-hydrogen) atoms. The van der Waals surface area contributed by atoms with Gasteiger partial charge in [0.2, 0.25) is 0 Å². The van der Waals surface area contributed by atoms with Gasteiger partial charge in [-0.15, -0.1) is 0 Å². The predicted molar refractivity (Wildman–Crippen MR) is 104 cm³/mol. The highest BCUT2D eigenvalue weighted by Gasteiger charge is 2.33. The zero-order valence-electron chi connectivity index (χ0n) is 16.6. The third-order valence-corrected chi connectivity index (χ3v) is 5.56. The minimum absolute atomic E-state index is 0.0843. The first-order valence-corrected chi connectivity index (χ1v) is 9.77.